The Morgan fingerprint density at radius 2 is 1.79 bits per heavy atom. The van der Waals surface area contributed by atoms with Crippen molar-refractivity contribution >= 4 is 27.7 Å². The Hall–Kier alpha value is -0.770. The van der Waals surface area contributed by atoms with E-state index in [4.69, 9.17) is 5.73 Å². The van der Waals surface area contributed by atoms with E-state index in [9.17, 15) is 0 Å². The van der Waals surface area contributed by atoms with E-state index in [1.54, 1.807) is 11.8 Å². The third-order valence-corrected chi connectivity index (χ3v) is 4.50. The highest BCUT2D eigenvalue weighted by Gasteiger charge is 2.08. The Balaban J connectivity index is 2.03. The summed E-state index contributed by atoms with van der Waals surface area (Å²) in [6, 6.07) is 14.9. The molecule has 0 heterocycles. The van der Waals surface area contributed by atoms with Crippen molar-refractivity contribution in [3.63, 3.8) is 0 Å². The van der Waals surface area contributed by atoms with E-state index in [1.807, 2.05) is 6.07 Å². The summed E-state index contributed by atoms with van der Waals surface area (Å²) in [6.45, 7) is 4.23. The third-order valence-electron chi connectivity index (χ3n) is 2.90. The molecule has 1 atom stereocenters. The molecule has 0 saturated heterocycles. The fraction of sp³-hybridized carbons (Fsp3) is 0.250. The summed E-state index contributed by atoms with van der Waals surface area (Å²) in [5, 5.41) is 0. The highest BCUT2D eigenvalue weighted by Crippen LogP contribution is 2.26. The Bertz CT molecular complexity index is 548. The van der Waals surface area contributed by atoms with Gasteiger partial charge in [-0.1, -0.05) is 51.3 Å². The molecule has 0 aliphatic carbocycles. The zero-order valence-electron chi connectivity index (χ0n) is 11.2. The van der Waals surface area contributed by atoms with Crippen molar-refractivity contribution in [2.45, 2.75) is 24.8 Å². The van der Waals surface area contributed by atoms with E-state index >= 15 is 0 Å². The molecule has 100 valence electrons. The zero-order chi connectivity index (χ0) is 13.8. The minimum Gasteiger partial charge on any atom is -0.323 e. The van der Waals surface area contributed by atoms with Gasteiger partial charge in [-0.2, -0.15) is 0 Å². The van der Waals surface area contributed by atoms with E-state index < -0.39 is 0 Å². The number of halogens is 1. The van der Waals surface area contributed by atoms with Crippen molar-refractivity contribution in [1.29, 1.82) is 0 Å². The standard InChI is InChI=1S/C16H18BrNS/c1-11-6-12(2)8-13(7-11)16(18)10-19-15-5-3-4-14(17)9-15/h3-9,16H,10,18H2,1-2H3. The Morgan fingerprint density at radius 3 is 2.42 bits per heavy atom. The molecule has 0 amide bonds. The van der Waals surface area contributed by atoms with Crippen molar-refractivity contribution in [2.24, 2.45) is 5.73 Å². The minimum atomic E-state index is 0.0718. The highest BCUT2D eigenvalue weighted by molar-refractivity contribution is 9.10. The van der Waals surface area contributed by atoms with Crippen LogP contribution in [0.1, 0.15) is 22.7 Å². The topological polar surface area (TPSA) is 26.0 Å². The fourth-order valence-electron chi connectivity index (χ4n) is 2.06. The summed E-state index contributed by atoms with van der Waals surface area (Å²) in [7, 11) is 0. The van der Waals surface area contributed by atoms with Crippen LogP contribution in [-0.4, -0.2) is 5.75 Å². The summed E-state index contributed by atoms with van der Waals surface area (Å²) < 4.78 is 1.11. The van der Waals surface area contributed by atoms with Gasteiger partial charge in [0.2, 0.25) is 0 Å². The van der Waals surface area contributed by atoms with Gasteiger partial charge in [-0.3, -0.25) is 0 Å². The molecule has 0 radical (unpaired) electrons. The van der Waals surface area contributed by atoms with Crippen LogP contribution in [0.2, 0.25) is 0 Å². The van der Waals surface area contributed by atoms with Crippen LogP contribution in [0.15, 0.2) is 51.8 Å². The van der Waals surface area contributed by atoms with Gasteiger partial charge in [0.15, 0.2) is 0 Å². The van der Waals surface area contributed by atoms with Gasteiger partial charge in [0.1, 0.15) is 0 Å². The Morgan fingerprint density at radius 1 is 1.11 bits per heavy atom. The van der Waals surface area contributed by atoms with Crippen LogP contribution < -0.4 is 5.73 Å². The van der Waals surface area contributed by atoms with Gasteiger partial charge in [-0.05, 0) is 37.6 Å². The van der Waals surface area contributed by atoms with Crippen molar-refractivity contribution in [1.82, 2.24) is 0 Å². The van der Waals surface area contributed by atoms with E-state index in [2.05, 4.69) is 66.2 Å². The van der Waals surface area contributed by atoms with Gasteiger partial charge in [-0.15, -0.1) is 11.8 Å². The second kappa shape index (κ2) is 6.60. The molecule has 1 nitrogen and oxygen atoms in total. The smallest absolute Gasteiger partial charge is 0.0390 e. The molecular weight excluding hydrogens is 318 g/mol. The molecule has 0 aliphatic heterocycles. The van der Waals surface area contributed by atoms with Crippen LogP contribution >= 0.6 is 27.7 Å². The molecule has 0 spiro atoms. The summed E-state index contributed by atoms with van der Waals surface area (Å²) in [5.41, 5.74) is 10.1. The molecule has 2 aromatic rings. The molecule has 2 rings (SSSR count). The molecule has 3 heteroatoms. The first-order valence-electron chi connectivity index (χ1n) is 6.27. The Labute approximate surface area is 127 Å². The van der Waals surface area contributed by atoms with Gasteiger partial charge in [-0.25, -0.2) is 0 Å². The van der Waals surface area contributed by atoms with Crippen LogP contribution in [0.3, 0.4) is 0 Å². The highest BCUT2D eigenvalue weighted by atomic mass is 79.9. The molecule has 0 saturated carbocycles. The maximum atomic E-state index is 6.29. The lowest BCUT2D eigenvalue weighted by molar-refractivity contribution is 0.828. The first-order valence-corrected chi connectivity index (χ1v) is 8.04. The molecule has 1 unspecified atom stereocenters. The van der Waals surface area contributed by atoms with E-state index in [0.29, 0.717) is 0 Å². The minimum absolute atomic E-state index is 0.0718. The largest absolute Gasteiger partial charge is 0.323 e. The third kappa shape index (κ3) is 4.37. The normalized spacial score (nSPS) is 12.4. The molecular formula is C16H18BrNS. The summed E-state index contributed by atoms with van der Waals surface area (Å²) >= 11 is 5.28. The lowest BCUT2D eigenvalue weighted by Gasteiger charge is -2.13. The molecule has 2 N–H and O–H groups in total. The summed E-state index contributed by atoms with van der Waals surface area (Å²) in [5.74, 6) is 0.888. The summed E-state index contributed by atoms with van der Waals surface area (Å²) in [4.78, 5) is 1.24. The number of benzene rings is 2. The monoisotopic (exact) mass is 335 g/mol. The first-order chi connectivity index (χ1) is 9.04. The predicted molar refractivity (Wildman–Crippen MR) is 87.7 cm³/mol. The van der Waals surface area contributed by atoms with Gasteiger partial charge >= 0.3 is 0 Å². The van der Waals surface area contributed by atoms with E-state index in [-0.39, 0.29) is 6.04 Å². The number of thioether (sulfide) groups is 1. The number of aryl methyl sites for hydroxylation is 2. The van der Waals surface area contributed by atoms with Gasteiger partial charge in [0, 0.05) is 21.2 Å². The number of nitrogens with two attached hydrogens (primary N) is 1. The van der Waals surface area contributed by atoms with E-state index in [1.165, 1.54) is 21.6 Å². The molecule has 0 bridgehead atoms. The number of rotatable bonds is 4. The van der Waals surface area contributed by atoms with Crippen molar-refractivity contribution in [3.05, 3.63) is 63.6 Å². The second-order valence-corrected chi connectivity index (χ2v) is 6.81. The van der Waals surface area contributed by atoms with Crippen molar-refractivity contribution in [3.8, 4) is 0 Å². The number of hydrogen-bond donors (Lipinski definition) is 1. The van der Waals surface area contributed by atoms with Crippen LogP contribution in [0.5, 0.6) is 0 Å². The first kappa shape index (κ1) is 14.6. The average Bonchev–Trinajstić information content (AvgIpc) is 2.35. The maximum absolute atomic E-state index is 6.29. The quantitative estimate of drug-likeness (QED) is 0.807. The Kier molecular flexibility index (Phi) is 5.08. The number of hydrogen-bond acceptors (Lipinski definition) is 2. The van der Waals surface area contributed by atoms with Crippen molar-refractivity contribution < 1.29 is 0 Å². The van der Waals surface area contributed by atoms with Gasteiger partial charge in [0.25, 0.3) is 0 Å². The lowest BCUT2D eigenvalue weighted by Crippen LogP contribution is -2.13. The maximum Gasteiger partial charge on any atom is 0.0390 e. The van der Waals surface area contributed by atoms with E-state index in [0.717, 1.165) is 10.2 Å². The molecule has 0 aromatic heterocycles. The molecule has 0 aliphatic rings. The van der Waals surface area contributed by atoms with Gasteiger partial charge < -0.3 is 5.73 Å². The zero-order valence-corrected chi connectivity index (χ0v) is 13.6. The molecule has 2 aromatic carbocycles. The van der Waals surface area contributed by atoms with Crippen LogP contribution in [-0.2, 0) is 0 Å². The van der Waals surface area contributed by atoms with Crippen LogP contribution in [0.4, 0.5) is 0 Å². The molecule has 0 fully saturated rings. The predicted octanol–water partition coefficient (Wildman–Crippen LogP) is 4.86. The van der Waals surface area contributed by atoms with Crippen LogP contribution in [0.25, 0.3) is 0 Å². The SMILES string of the molecule is Cc1cc(C)cc(C(N)CSc2cccc(Br)c2)c1. The van der Waals surface area contributed by atoms with Crippen LogP contribution in [0, 0.1) is 13.8 Å². The van der Waals surface area contributed by atoms with Crippen molar-refractivity contribution in [2.75, 3.05) is 5.75 Å². The molecule has 19 heavy (non-hydrogen) atoms. The second-order valence-electron chi connectivity index (χ2n) is 4.80. The lowest BCUT2D eigenvalue weighted by atomic mass is 10.0. The fourth-order valence-corrected chi connectivity index (χ4v) is 3.56. The van der Waals surface area contributed by atoms with Gasteiger partial charge in [0.05, 0.1) is 0 Å². The average molecular weight is 336 g/mol. The summed E-state index contributed by atoms with van der Waals surface area (Å²) in [6.07, 6.45) is 0.